The predicted molar refractivity (Wildman–Crippen MR) is 53.4 cm³/mol. The van der Waals surface area contributed by atoms with Crippen LogP contribution in [0, 0.1) is 5.92 Å². The van der Waals surface area contributed by atoms with E-state index in [1.807, 2.05) is 6.92 Å². The molecule has 0 aliphatic heterocycles. The molecule has 14 heavy (non-hydrogen) atoms. The summed E-state index contributed by atoms with van der Waals surface area (Å²) in [5.74, 6) is 0.549. The van der Waals surface area contributed by atoms with E-state index in [9.17, 15) is 9.59 Å². The molecule has 0 radical (unpaired) electrons. The molecule has 4 nitrogen and oxygen atoms in total. The van der Waals surface area contributed by atoms with Gasteiger partial charge in [0.15, 0.2) is 0 Å². The summed E-state index contributed by atoms with van der Waals surface area (Å²) in [5.41, 5.74) is -0.349. The second-order valence-corrected chi connectivity index (χ2v) is 3.78. The van der Waals surface area contributed by atoms with Crippen molar-refractivity contribution in [3.63, 3.8) is 0 Å². The van der Waals surface area contributed by atoms with Crippen molar-refractivity contribution in [1.82, 2.24) is 9.13 Å². The van der Waals surface area contributed by atoms with E-state index < -0.39 is 0 Å². The van der Waals surface area contributed by atoms with Crippen molar-refractivity contribution in [2.24, 2.45) is 5.92 Å². The van der Waals surface area contributed by atoms with Gasteiger partial charge in [0, 0.05) is 25.4 Å². The molecule has 0 unspecified atom stereocenters. The van der Waals surface area contributed by atoms with Gasteiger partial charge in [-0.2, -0.15) is 0 Å². The average Bonchev–Trinajstić information content (AvgIpc) is 2.96. The minimum atomic E-state index is -0.174. The Morgan fingerprint density at radius 2 is 2.14 bits per heavy atom. The lowest BCUT2D eigenvalue weighted by Crippen LogP contribution is -2.39. The molecule has 4 heteroatoms. The second-order valence-electron chi connectivity index (χ2n) is 3.78. The van der Waals surface area contributed by atoms with Crippen LogP contribution in [0.3, 0.4) is 0 Å². The maximum absolute atomic E-state index is 11.7. The van der Waals surface area contributed by atoms with Gasteiger partial charge in [-0.3, -0.25) is 9.36 Å². The first-order valence-electron chi connectivity index (χ1n) is 5.02. The van der Waals surface area contributed by atoms with E-state index in [1.54, 1.807) is 10.8 Å². The largest absolute Gasteiger partial charge is 0.330 e. The van der Waals surface area contributed by atoms with Gasteiger partial charge in [-0.1, -0.05) is 0 Å². The van der Waals surface area contributed by atoms with Crippen LogP contribution < -0.4 is 11.2 Å². The first-order chi connectivity index (χ1) is 6.72. The van der Waals surface area contributed by atoms with E-state index in [4.69, 9.17) is 0 Å². The zero-order valence-electron chi connectivity index (χ0n) is 8.27. The van der Waals surface area contributed by atoms with Gasteiger partial charge >= 0.3 is 5.69 Å². The molecule has 0 bridgehead atoms. The molecule has 1 aliphatic rings. The molecule has 0 saturated heterocycles. The van der Waals surface area contributed by atoms with Crippen molar-refractivity contribution < 1.29 is 0 Å². The summed E-state index contributed by atoms with van der Waals surface area (Å²) in [4.78, 5) is 23.1. The summed E-state index contributed by atoms with van der Waals surface area (Å²) in [6, 6.07) is 1.47. The number of rotatable bonds is 3. The van der Waals surface area contributed by atoms with Crippen molar-refractivity contribution in [2.45, 2.75) is 32.9 Å². The fourth-order valence-electron chi connectivity index (χ4n) is 1.52. The highest BCUT2D eigenvalue weighted by atomic mass is 16.2. The Labute approximate surface area is 81.8 Å². The van der Waals surface area contributed by atoms with Gasteiger partial charge in [0.05, 0.1) is 0 Å². The Bertz CT molecular complexity index is 440. The van der Waals surface area contributed by atoms with Crippen molar-refractivity contribution in [2.75, 3.05) is 0 Å². The van der Waals surface area contributed by atoms with Gasteiger partial charge in [-0.05, 0) is 25.7 Å². The van der Waals surface area contributed by atoms with Crippen LogP contribution in [0.25, 0.3) is 0 Å². The molecular formula is C10H14N2O2. The highest BCUT2D eigenvalue weighted by Crippen LogP contribution is 2.29. The zero-order valence-corrected chi connectivity index (χ0v) is 8.27. The standard InChI is InChI=1S/C10H14N2O2/c1-2-11-6-5-9(13)12(10(11)14)7-8-3-4-8/h5-6,8H,2-4,7H2,1H3. The predicted octanol–water partition coefficient (Wildman–Crippen LogP) is 0.440. The van der Waals surface area contributed by atoms with Gasteiger partial charge in [-0.15, -0.1) is 0 Å². The Morgan fingerprint density at radius 1 is 1.43 bits per heavy atom. The normalized spacial score (nSPS) is 15.8. The molecule has 0 N–H and O–H groups in total. The topological polar surface area (TPSA) is 44.0 Å². The molecule has 0 aromatic carbocycles. The fraction of sp³-hybridized carbons (Fsp3) is 0.600. The van der Waals surface area contributed by atoms with Crippen LogP contribution in [0.1, 0.15) is 19.8 Å². The number of aryl methyl sites for hydroxylation is 1. The quantitative estimate of drug-likeness (QED) is 0.700. The summed E-state index contributed by atoms with van der Waals surface area (Å²) >= 11 is 0. The SMILES string of the molecule is CCn1ccc(=O)n(CC2CC2)c1=O. The summed E-state index contributed by atoms with van der Waals surface area (Å²) < 4.78 is 2.91. The number of nitrogens with zero attached hydrogens (tertiary/aromatic N) is 2. The molecule has 1 heterocycles. The second kappa shape index (κ2) is 3.44. The van der Waals surface area contributed by atoms with E-state index in [-0.39, 0.29) is 11.2 Å². The van der Waals surface area contributed by atoms with Crippen molar-refractivity contribution >= 4 is 0 Å². The van der Waals surface area contributed by atoms with Gasteiger partial charge in [0.25, 0.3) is 5.56 Å². The summed E-state index contributed by atoms with van der Waals surface area (Å²) in [6.45, 7) is 3.11. The zero-order chi connectivity index (χ0) is 10.1. The lowest BCUT2D eigenvalue weighted by atomic mass is 10.4. The van der Waals surface area contributed by atoms with Crippen LogP contribution in [0.2, 0.25) is 0 Å². The van der Waals surface area contributed by atoms with Gasteiger partial charge in [-0.25, -0.2) is 4.79 Å². The number of aromatic nitrogens is 2. The highest BCUT2D eigenvalue weighted by Gasteiger charge is 2.23. The maximum Gasteiger partial charge on any atom is 0.330 e. The van der Waals surface area contributed by atoms with Crippen LogP contribution in [-0.2, 0) is 13.1 Å². The monoisotopic (exact) mass is 194 g/mol. The van der Waals surface area contributed by atoms with Crippen LogP contribution in [-0.4, -0.2) is 9.13 Å². The third kappa shape index (κ3) is 1.64. The Balaban J connectivity index is 2.44. The molecular weight excluding hydrogens is 180 g/mol. The van der Waals surface area contributed by atoms with Gasteiger partial charge in [0.1, 0.15) is 0 Å². The third-order valence-electron chi connectivity index (χ3n) is 2.62. The van der Waals surface area contributed by atoms with E-state index in [2.05, 4.69) is 0 Å². The first kappa shape index (κ1) is 9.24. The van der Waals surface area contributed by atoms with Crippen LogP contribution in [0.5, 0.6) is 0 Å². The number of hydrogen-bond donors (Lipinski definition) is 0. The lowest BCUT2D eigenvalue weighted by Gasteiger charge is -2.06. The molecule has 76 valence electrons. The highest BCUT2D eigenvalue weighted by molar-refractivity contribution is 4.88. The Kier molecular flexibility index (Phi) is 2.27. The third-order valence-corrected chi connectivity index (χ3v) is 2.62. The fourth-order valence-corrected chi connectivity index (χ4v) is 1.52. The van der Waals surface area contributed by atoms with Crippen LogP contribution in [0.15, 0.2) is 21.9 Å². The summed E-state index contributed by atoms with van der Waals surface area (Å²) in [5, 5.41) is 0. The smallest absolute Gasteiger partial charge is 0.301 e. The molecule has 1 fully saturated rings. The van der Waals surface area contributed by atoms with E-state index in [0.29, 0.717) is 19.0 Å². The van der Waals surface area contributed by atoms with Gasteiger partial charge < -0.3 is 4.57 Å². The van der Waals surface area contributed by atoms with Crippen LogP contribution in [0.4, 0.5) is 0 Å². The molecule has 1 aromatic heterocycles. The first-order valence-corrected chi connectivity index (χ1v) is 5.02. The van der Waals surface area contributed by atoms with Crippen molar-refractivity contribution in [3.05, 3.63) is 33.1 Å². The molecule has 2 rings (SSSR count). The van der Waals surface area contributed by atoms with Gasteiger partial charge in [0.2, 0.25) is 0 Å². The summed E-state index contributed by atoms with van der Waals surface area (Å²) in [6.07, 6.45) is 3.86. The molecule has 0 spiro atoms. The minimum Gasteiger partial charge on any atom is -0.301 e. The average molecular weight is 194 g/mol. The van der Waals surface area contributed by atoms with E-state index >= 15 is 0 Å². The van der Waals surface area contributed by atoms with Crippen molar-refractivity contribution in [3.8, 4) is 0 Å². The molecule has 1 aliphatic carbocycles. The van der Waals surface area contributed by atoms with E-state index in [0.717, 1.165) is 12.8 Å². The molecule has 1 saturated carbocycles. The minimum absolute atomic E-state index is 0.174. The maximum atomic E-state index is 11.7. The molecule has 0 atom stereocenters. The van der Waals surface area contributed by atoms with E-state index in [1.165, 1.54) is 10.6 Å². The van der Waals surface area contributed by atoms with Crippen molar-refractivity contribution in [1.29, 1.82) is 0 Å². The Morgan fingerprint density at radius 3 is 2.71 bits per heavy atom. The Hall–Kier alpha value is -1.32. The van der Waals surface area contributed by atoms with Crippen LogP contribution >= 0.6 is 0 Å². The lowest BCUT2D eigenvalue weighted by molar-refractivity contribution is 0.533. The molecule has 0 amide bonds. The molecule has 1 aromatic rings. The summed E-state index contributed by atoms with van der Waals surface area (Å²) in [7, 11) is 0. The number of hydrogen-bond acceptors (Lipinski definition) is 2.